The third-order valence-electron chi connectivity index (χ3n) is 2.77. The SMILES string of the molecule is CCn1nc2cccc(CNC)c2c1C. The van der Waals surface area contributed by atoms with Gasteiger partial charge in [0.25, 0.3) is 0 Å². The molecule has 2 rings (SSSR count). The molecule has 1 N–H and O–H groups in total. The molecule has 1 aromatic carbocycles. The first kappa shape index (κ1) is 10.2. The molecule has 0 atom stereocenters. The smallest absolute Gasteiger partial charge is 0.0929 e. The van der Waals surface area contributed by atoms with Crippen molar-refractivity contribution in [1.29, 1.82) is 0 Å². The van der Waals surface area contributed by atoms with Crippen molar-refractivity contribution in [3.8, 4) is 0 Å². The molecule has 0 saturated carbocycles. The number of benzene rings is 1. The maximum absolute atomic E-state index is 4.56. The summed E-state index contributed by atoms with van der Waals surface area (Å²) in [4.78, 5) is 0. The van der Waals surface area contributed by atoms with Gasteiger partial charge in [-0.2, -0.15) is 5.10 Å². The van der Waals surface area contributed by atoms with Crippen LogP contribution in [0.5, 0.6) is 0 Å². The fourth-order valence-electron chi connectivity index (χ4n) is 2.07. The molecule has 15 heavy (non-hydrogen) atoms. The van der Waals surface area contributed by atoms with Gasteiger partial charge in [-0.05, 0) is 32.5 Å². The average Bonchev–Trinajstić information content (AvgIpc) is 2.57. The molecule has 0 amide bonds. The van der Waals surface area contributed by atoms with E-state index in [1.807, 2.05) is 7.05 Å². The zero-order valence-corrected chi connectivity index (χ0v) is 9.54. The Morgan fingerprint density at radius 3 is 2.87 bits per heavy atom. The van der Waals surface area contributed by atoms with Gasteiger partial charge in [0.1, 0.15) is 0 Å². The van der Waals surface area contributed by atoms with Crippen LogP contribution in [-0.4, -0.2) is 16.8 Å². The van der Waals surface area contributed by atoms with Crippen LogP contribution >= 0.6 is 0 Å². The maximum atomic E-state index is 4.56. The lowest BCUT2D eigenvalue weighted by atomic mass is 10.1. The number of hydrogen-bond donors (Lipinski definition) is 1. The molecule has 0 radical (unpaired) electrons. The summed E-state index contributed by atoms with van der Waals surface area (Å²) in [6, 6.07) is 6.31. The Morgan fingerprint density at radius 1 is 1.40 bits per heavy atom. The van der Waals surface area contributed by atoms with E-state index in [0.29, 0.717) is 0 Å². The fourth-order valence-corrected chi connectivity index (χ4v) is 2.07. The second-order valence-corrected chi connectivity index (χ2v) is 3.74. The molecule has 80 valence electrons. The molecule has 0 spiro atoms. The number of aromatic nitrogens is 2. The molecule has 0 aliphatic carbocycles. The lowest BCUT2D eigenvalue weighted by Crippen LogP contribution is -2.05. The van der Waals surface area contributed by atoms with Crippen LogP contribution in [0.25, 0.3) is 10.9 Å². The third kappa shape index (κ3) is 1.63. The highest BCUT2D eigenvalue weighted by atomic mass is 15.3. The standard InChI is InChI=1S/C12H17N3/c1-4-15-9(2)12-10(8-13-3)6-5-7-11(12)14-15/h5-7,13H,4,8H2,1-3H3. The van der Waals surface area contributed by atoms with Gasteiger partial charge in [0, 0.05) is 24.2 Å². The molecule has 0 aliphatic rings. The van der Waals surface area contributed by atoms with Crippen molar-refractivity contribution in [2.24, 2.45) is 0 Å². The summed E-state index contributed by atoms with van der Waals surface area (Å²) in [6.07, 6.45) is 0. The second-order valence-electron chi connectivity index (χ2n) is 3.74. The number of nitrogens with zero attached hydrogens (tertiary/aromatic N) is 2. The first-order chi connectivity index (χ1) is 7.27. The van der Waals surface area contributed by atoms with Gasteiger partial charge in [0.2, 0.25) is 0 Å². The summed E-state index contributed by atoms with van der Waals surface area (Å²) in [5.74, 6) is 0. The van der Waals surface area contributed by atoms with Crippen LogP contribution in [0, 0.1) is 6.92 Å². The lowest BCUT2D eigenvalue weighted by Gasteiger charge is -2.03. The Balaban J connectivity index is 2.67. The fraction of sp³-hybridized carbons (Fsp3) is 0.417. The van der Waals surface area contributed by atoms with Gasteiger partial charge in [-0.3, -0.25) is 4.68 Å². The number of rotatable bonds is 3. The van der Waals surface area contributed by atoms with Crippen molar-refractivity contribution in [3.05, 3.63) is 29.5 Å². The predicted octanol–water partition coefficient (Wildman–Crippen LogP) is 2.08. The highest BCUT2D eigenvalue weighted by Gasteiger charge is 2.09. The van der Waals surface area contributed by atoms with E-state index in [1.165, 1.54) is 16.6 Å². The highest BCUT2D eigenvalue weighted by molar-refractivity contribution is 5.84. The monoisotopic (exact) mass is 203 g/mol. The van der Waals surface area contributed by atoms with Gasteiger partial charge in [-0.15, -0.1) is 0 Å². The van der Waals surface area contributed by atoms with E-state index >= 15 is 0 Å². The Kier molecular flexibility index (Phi) is 2.73. The van der Waals surface area contributed by atoms with Crippen LogP contribution < -0.4 is 5.32 Å². The topological polar surface area (TPSA) is 29.9 Å². The largest absolute Gasteiger partial charge is 0.316 e. The number of nitrogens with one attached hydrogen (secondary N) is 1. The summed E-state index contributed by atoms with van der Waals surface area (Å²) in [6.45, 7) is 6.09. The quantitative estimate of drug-likeness (QED) is 0.827. The van der Waals surface area contributed by atoms with Crippen molar-refractivity contribution in [2.45, 2.75) is 26.9 Å². The van der Waals surface area contributed by atoms with Crippen molar-refractivity contribution in [3.63, 3.8) is 0 Å². The van der Waals surface area contributed by atoms with E-state index in [0.717, 1.165) is 18.6 Å². The zero-order valence-electron chi connectivity index (χ0n) is 9.54. The highest BCUT2D eigenvalue weighted by Crippen LogP contribution is 2.21. The summed E-state index contributed by atoms with van der Waals surface area (Å²) >= 11 is 0. The number of hydrogen-bond acceptors (Lipinski definition) is 2. The minimum atomic E-state index is 0.896. The number of fused-ring (bicyclic) bond motifs is 1. The summed E-state index contributed by atoms with van der Waals surface area (Å²) in [7, 11) is 1.97. The van der Waals surface area contributed by atoms with Gasteiger partial charge < -0.3 is 5.32 Å². The van der Waals surface area contributed by atoms with E-state index in [-0.39, 0.29) is 0 Å². The zero-order chi connectivity index (χ0) is 10.8. The third-order valence-corrected chi connectivity index (χ3v) is 2.77. The molecule has 1 aromatic heterocycles. The summed E-state index contributed by atoms with van der Waals surface area (Å²) in [5.41, 5.74) is 3.69. The van der Waals surface area contributed by atoms with Gasteiger partial charge in [0.15, 0.2) is 0 Å². The molecule has 0 aliphatic heterocycles. The minimum absolute atomic E-state index is 0.896. The Bertz CT molecular complexity index is 471. The van der Waals surface area contributed by atoms with E-state index < -0.39 is 0 Å². The normalized spacial score (nSPS) is 11.1. The molecular formula is C12H17N3. The maximum Gasteiger partial charge on any atom is 0.0929 e. The van der Waals surface area contributed by atoms with Crippen LogP contribution in [0.2, 0.25) is 0 Å². The Labute approximate surface area is 90.1 Å². The molecule has 0 saturated heterocycles. The van der Waals surface area contributed by atoms with Gasteiger partial charge in [-0.25, -0.2) is 0 Å². The molecule has 0 unspecified atom stereocenters. The van der Waals surface area contributed by atoms with Crippen molar-refractivity contribution >= 4 is 10.9 Å². The Hall–Kier alpha value is -1.35. The average molecular weight is 203 g/mol. The van der Waals surface area contributed by atoms with Crippen molar-refractivity contribution in [1.82, 2.24) is 15.1 Å². The van der Waals surface area contributed by atoms with E-state index in [9.17, 15) is 0 Å². The van der Waals surface area contributed by atoms with Gasteiger partial charge >= 0.3 is 0 Å². The van der Waals surface area contributed by atoms with Gasteiger partial charge in [-0.1, -0.05) is 12.1 Å². The van der Waals surface area contributed by atoms with E-state index in [4.69, 9.17) is 0 Å². The molecular weight excluding hydrogens is 186 g/mol. The van der Waals surface area contributed by atoms with Crippen LogP contribution in [0.15, 0.2) is 18.2 Å². The molecule has 0 bridgehead atoms. The van der Waals surface area contributed by atoms with Crippen LogP contribution in [0.1, 0.15) is 18.2 Å². The minimum Gasteiger partial charge on any atom is -0.316 e. The van der Waals surface area contributed by atoms with Crippen LogP contribution in [-0.2, 0) is 13.1 Å². The van der Waals surface area contributed by atoms with Crippen LogP contribution in [0.4, 0.5) is 0 Å². The van der Waals surface area contributed by atoms with Crippen molar-refractivity contribution in [2.75, 3.05) is 7.05 Å². The molecule has 0 fully saturated rings. The predicted molar refractivity (Wildman–Crippen MR) is 62.9 cm³/mol. The molecule has 1 heterocycles. The summed E-state index contributed by atoms with van der Waals surface area (Å²) in [5, 5.41) is 9.06. The van der Waals surface area contributed by atoms with Crippen molar-refractivity contribution < 1.29 is 0 Å². The molecule has 2 aromatic rings. The molecule has 3 heteroatoms. The first-order valence-electron chi connectivity index (χ1n) is 5.37. The van der Waals surface area contributed by atoms with E-state index in [2.05, 4.69) is 47.1 Å². The number of aryl methyl sites for hydroxylation is 2. The lowest BCUT2D eigenvalue weighted by molar-refractivity contribution is 0.647. The van der Waals surface area contributed by atoms with E-state index in [1.54, 1.807) is 0 Å². The van der Waals surface area contributed by atoms with Gasteiger partial charge in [0.05, 0.1) is 5.52 Å². The first-order valence-corrected chi connectivity index (χ1v) is 5.37. The Morgan fingerprint density at radius 2 is 2.20 bits per heavy atom. The second kappa shape index (κ2) is 4.03. The summed E-state index contributed by atoms with van der Waals surface area (Å²) < 4.78 is 2.06. The van der Waals surface area contributed by atoms with Crippen LogP contribution in [0.3, 0.4) is 0 Å². The molecule has 3 nitrogen and oxygen atoms in total.